The van der Waals surface area contributed by atoms with Crippen LogP contribution in [0.3, 0.4) is 0 Å². The first kappa shape index (κ1) is 21.7. The molecule has 1 aromatic heterocycles. The van der Waals surface area contributed by atoms with Gasteiger partial charge in [-0.3, -0.25) is 4.79 Å². The number of carbonyl (C=O) groups excluding carboxylic acids is 1. The van der Waals surface area contributed by atoms with Gasteiger partial charge in [-0.05, 0) is 55.8 Å². The second-order valence-electron chi connectivity index (χ2n) is 6.34. The monoisotopic (exact) mass is 496 g/mol. The largest absolute Gasteiger partial charge is 0.497 e. The molecule has 0 saturated heterocycles. The first-order valence-electron chi connectivity index (χ1n) is 9.07. The molecule has 6 nitrogen and oxygen atoms in total. The van der Waals surface area contributed by atoms with Crippen molar-refractivity contribution < 1.29 is 17.9 Å². The molecular weight excluding hydrogens is 476 g/mol. The van der Waals surface area contributed by atoms with Crippen LogP contribution in [0.5, 0.6) is 5.75 Å². The summed E-state index contributed by atoms with van der Waals surface area (Å²) in [4.78, 5) is 17.4. The van der Waals surface area contributed by atoms with Gasteiger partial charge in [0.05, 0.1) is 28.0 Å². The lowest BCUT2D eigenvalue weighted by Gasteiger charge is -2.05. The number of amides is 1. The van der Waals surface area contributed by atoms with E-state index >= 15 is 0 Å². The van der Waals surface area contributed by atoms with Gasteiger partial charge in [-0.1, -0.05) is 27.3 Å². The Kier molecular flexibility index (Phi) is 6.92. The third-order valence-corrected chi connectivity index (χ3v) is 7.75. The van der Waals surface area contributed by atoms with Crippen LogP contribution in [-0.2, 0) is 21.2 Å². The summed E-state index contributed by atoms with van der Waals surface area (Å²) in [5, 5.41) is 0. The van der Waals surface area contributed by atoms with Gasteiger partial charge < -0.3 is 9.30 Å². The van der Waals surface area contributed by atoms with Crippen LogP contribution in [0.15, 0.2) is 56.8 Å². The summed E-state index contributed by atoms with van der Waals surface area (Å²) in [6.07, 6.45) is 0.302. The summed E-state index contributed by atoms with van der Waals surface area (Å²) in [5.74, 6) is 0.175. The normalized spacial score (nSPS) is 12.4. The molecule has 0 spiro atoms. The van der Waals surface area contributed by atoms with Crippen LogP contribution in [0, 0.1) is 0 Å². The van der Waals surface area contributed by atoms with Crippen molar-refractivity contribution in [1.82, 2.24) is 4.57 Å². The maximum Gasteiger partial charge on any atom is 0.248 e. The Balaban J connectivity index is 1.70. The Hall–Kier alpha value is -1.97. The van der Waals surface area contributed by atoms with Crippen LogP contribution < -0.4 is 9.54 Å². The number of hydrogen-bond acceptors (Lipinski definition) is 5. The van der Waals surface area contributed by atoms with Crippen molar-refractivity contribution in [2.75, 3.05) is 12.9 Å². The number of halogens is 1. The first-order chi connectivity index (χ1) is 13.8. The van der Waals surface area contributed by atoms with E-state index < -0.39 is 9.84 Å². The first-order valence-corrected chi connectivity index (χ1v) is 12.3. The molecule has 0 aliphatic carbocycles. The van der Waals surface area contributed by atoms with Gasteiger partial charge in [0.25, 0.3) is 0 Å². The highest BCUT2D eigenvalue weighted by molar-refractivity contribution is 9.10. The molecule has 0 radical (unpaired) electrons. The zero-order valence-corrected chi connectivity index (χ0v) is 19.3. The number of thiazole rings is 1. The predicted octanol–water partition coefficient (Wildman–Crippen LogP) is 4.18. The zero-order chi connectivity index (χ0) is 21.0. The van der Waals surface area contributed by atoms with Crippen LogP contribution >= 0.6 is 27.3 Å². The van der Waals surface area contributed by atoms with Gasteiger partial charge in [-0.2, -0.15) is 4.99 Å². The molecule has 0 aliphatic heterocycles. The molecular formula is C20H21BrN2O4S2. The lowest BCUT2D eigenvalue weighted by molar-refractivity contribution is -0.118. The summed E-state index contributed by atoms with van der Waals surface area (Å²) >= 11 is 4.90. The van der Waals surface area contributed by atoms with E-state index in [0.717, 1.165) is 14.7 Å². The van der Waals surface area contributed by atoms with E-state index in [1.807, 2.05) is 29.7 Å². The summed E-state index contributed by atoms with van der Waals surface area (Å²) in [6.45, 7) is 2.69. The fourth-order valence-corrected chi connectivity index (χ4v) is 5.89. The lowest BCUT2D eigenvalue weighted by atomic mass is 10.3. The Morgan fingerprint density at radius 1 is 1.21 bits per heavy atom. The van der Waals surface area contributed by atoms with E-state index in [2.05, 4.69) is 20.9 Å². The minimum Gasteiger partial charge on any atom is -0.497 e. The van der Waals surface area contributed by atoms with Crippen molar-refractivity contribution in [1.29, 1.82) is 0 Å². The highest BCUT2D eigenvalue weighted by Gasteiger charge is 2.15. The molecule has 1 heterocycles. The van der Waals surface area contributed by atoms with Gasteiger partial charge in [0.2, 0.25) is 5.91 Å². The number of nitrogens with zero attached hydrogens (tertiary/aromatic N) is 2. The van der Waals surface area contributed by atoms with Crippen LogP contribution in [-0.4, -0.2) is 31.8 Å². The van der Waals surface area contributed by atoms with E-state index in [9.17, 15) is 13.2 Å². The molecule has 3 rings (SSSR count). The summed E-state index contributed by atoms with van der Waals surface area (Å²) in [5.41, 5.74) is 1.02. The molecule has 3 aromatic rings. The number of benzene rings is 2. The zero-order valence-electron chi connectivity index (χ0n) is 16.1. The number of aryl methyl sites for hydroxylation is 1. The average molecular weight is 497 g/mol. The average Bonchev–Trinajstić information content (AvgIpc) is 3.03. The Morgan fingerprint density at radius 3 is 2.59 bits per heavy atom. The summed E-state index contributed by atoms with van der Waals surface area (Å²) < 4.78 is 33.9. The van der Waals surface area contributed by atoms with Gasteiger partial charge >= 0.3 is 0 Å². The smallest absolute Gasteiger partial charge is 0.248 e. The van der Waals surface area contributed by atoms with Gasteiger partial charge in [-0.15, -0.1) is 0 Å². The second kappa shape index (κ2) is 9.23. The molecule has 0 bridgehead atoms. The fraction of sp³-hybridized carbons (Fsp3) is 0.300. The third kappa shape index (κ3) is 5.15. The highest BCUT2D eigenvalue weighted by Crippen LogP contribution is 2.22. The van der Waals surface area contributed by atoms with E-state index in [1.54, 1.807) is 12.1 Å². The molecule has 154 valence electrons. The highest BCUT2D eigenvalue weighted by atomic mass is 79.9. The van der Waals surface area contributed by atoms with Gasteiger partial charge in [-0.25, -0.2) is 8.42 Å². The topological polar surface area (TPSA) is 77.7 Å². The van der Waals surface area contributed by atoms with Gasteiger partial charge in [0.1, 0.15) is 5.75 Å². The summed E-state index contributed by atoms with van der Waals surface area (Å²) in [6, 6.07) is 12.2. The van der Waals surface area contributed by atoms with Gasteiger partial charge in [0.15, 0.2) is 14.6 Å². The minimum absolute atomic E-state index is 0.0804. The van der Waals surface area contributed by atoms with Crippen LogP contribution in [0.2, 0.25) is 0 Å². The number of aromatic nitrogens is 1. The van der Waals surface area contributed by atoms with E-state index in [4.69, 9.17) is 4.74 Å². The Morgan fingerprint density at radius 2 is 1.93 bits per heavy atom. The van der Waals surface area contributed by atoms with Crippen LogP contribution in [0.4, 0.5) is 0 Å². The van der Waals surface area contributed by atoms with Crippen molar-refractivity contribution in [2.24, 2.45) is 4.99 Å². The number of hydrogen-bond donors (Lipinski definition) is 0. The molecule has 0 atom stereocenters. The maximum atomic E-state index is 12.4. The van der Waals surface area contributed by atoms with Crippen LogP contribution in [0.25, 0.3) is 10.2 Å². The van der Waals surface area contributed by atoms with E-state index in [-0.39, 0.29) is 29.4 Å². The quantitative estimate of drug-likeness (QED) is 0.491. The number of fused-ring (bicyclic) bond motifs is 1. The molecule has 0 fully saturated rings. The van der Waals surface area contributed by atoms with Crippen molar-refractivity contribution in [2.45, 2.75) is 31.2 Å². The fourth-order valence-electron chi connectivity index (χ4n) is 2.91. The number of rotatable bonds is 7. The molecule has 0 saturated carbocycles. The van der Waals surface area contributed by atoms with Crippen molar-refractivity contribution in [3.05, 3.63) is 51.7 Å². The molecule has 2 aromatic carbocycles. The minimum atomic E-state index is -3.45. The third-order valence-electron chi connectivity index (χ3n) is 4.40. The summed E-state index contributed by atoms with van der Waals surface area (Å²) in [7, 11) is -1.93. The Labute approximate surface area is 181 Å². The molecule has 0 N–H and O–H groups in total. The van der Waals surface area contributed by atoms with Gasteiger partial charge in [0, 0.05) is 17.4 Å². The van der Waals surface area contributed by atoms with Crippen molar-refractivity contribution >= 4 is 53.2 Å². The number of ether oxygens (including phenoxy) is 1. The maximum absolute atomic E-state index is 12.4. The van der Waals surface area contributed by atoms with Crippen LogP contribution in [0.1, 0.15) is 19.8 Å². The van der Waals surface area contributed by atoms with Crippen molar-refractivity contribution in [3.8, 4) is 5.75 Å². The Bertz CT molecular complexity index is 1200. The SMILES string of the molecule is CCn1c(=NC(=O)CCCS(=O)(=O)c2ccc(OC)cc2)sc2cc(Br)ccc21. The standard InChI is InChI=1S/C20H21BrN2O4S2/c1-3-23-17-11-6-14(21)13-18(17)28-20(23)22-19(24)5-4-12-29(25,26)16-9-7-15(27-2)8-10-16/h6-11,13H,3-5,12H2,1-2H3. The lowest BCUT2D eigenvalue weighted by Crippen LogP contribution is -2.16. The number of carbonyl (C=O) groups is 1. The van der Waals surface area contributed by atoms with E-state index in [1.165, 1.54) is 30.6 Å². The molecule has 29 heavy (non-hydrogen) atoms. The second-order valence-corrected chi connectivity index (χ2v) is 10.4. The number of sulfone groups is 1. The van der Waals surface area contributed by atoms with E-state index in [0.29, 0.717) is 17.1 Å². The van der Waals surface area contributed by atoms with Crippen molar-refractivity contribution in [3.63, 3.8) is 0 Å². The molecule has 0 aliphatic rings. The molecule has 1 amide bonds. The molecule has 9 heteroatoms. The predicted molar refractivity (Wildman–Crippen MR) is 118 cm³/mol. The molecule has 0 unspecified atom stereocenters. The number of methoxy groups -OCH3 is 1.